The summed E-state index contributed by atoms with van der Waals surface area (Å²) in [6, 6.07) is 12.3. The fourth-order valence-corrected chi connectivity index (χ4v) is 2.46. The van der Waals surface area contributed by atoms with Gasteiger partial charge in [-0.05, 0) is 36.4 Å². The summed E-state index contributed by atoms with van der Waals surface area (Å²) in [7, 11) is 0. The van der Waals surface area contributed by atoms with Crippen LogP contribution in [-0.2, 0) is 16.0 Å². The summed E-state index contributed by atoms with van der Waals surface area (Å²) < 4.78 is 18.5. The number of anilines is 1. The fraction of sp³-hybridized carbons (Fsp3) is 0.150. The summed E-state index contributed by atoms with van der Waals surface area (Å²) >= 11 is 0. The zero-order valence-electron chi connectivity index (χ0n) is 14.6. The van der Waals surface area contributed by atoms with Gasteiger partial charge in [-0.3, -0.25) is 9.59 Å². The number of nitrogens with zero attached hydrogens (tertiary/aromatic N) is 3. The number of ketones is 1. The van der Waals surface area contributed by atoms with Gasteiger partial charge in [0, 0.05) is 24.6 Å². The Hall–Kier alpha value is -3.86. The van der Waals surface area contributed by atoms with Gasteiger partial charge >= 0.3 is 0 Å². The average molecular weight is 378 g/mol. The number of halogens is 1. The first kappa shape index (κ1) is 18.9. The van der Waals surface area contributed by atoms with E-state index >= 15 is 0 Å². The van der Waals surface area contributed by atoms with Gasteiger partial charge in [0.15, 0.2) is 23.4 Å². The second kappa shape index (κ2) is 8.68. The van der Waals surface area contributed by atoms with E-state index in [1.165, 1.54) is 24.5 Å². The number of pyridine rings is 1. The summed E-state index contributed by atoms with van der Waals surface area (Å²) in [4.78, 5) is 32.4. The van der Waals surface area contributed by atoms with Crippen LogP contribution in [0.5, 0.6) is 0 Å². The van der Waals surface area contributed by atoms with Crippen molar-refractivity contribution in [1.29, 1.82) is 5.26 Å². The SMILES string of the molecule is N#CC(C(=O)CCc1ncc(-c2ccc(F)cc2)o1)C(=O)Nc1ccccn1. The molecule has 0 saturated heterocycles. The summed E-state index contributed by atoms with van der Waals surface area (Å²) in [6.45, 7) is 0. The van der Waals surface area contributed by atoms with E-state index in [1.54, 1.807) is 36.4 Å². The average Bonchev–Trinajstić information content (AvgIpc) is 3.17. The van der Waals surface area contributed by atoms with E-state index in [0.29, 0.717) is 11.3 Å². The van der Waals surface area contributed by atoms with Crippen LogP contribution in [-0.4, -0.2) is 21.7 Å². The first-order valence-corrected chi connectivity index (χ1v) is 8.41. The zero-order chi connectivity index (χ0) is 19.9. The summed E-state index contributed by atoms with van der Waals surface area (Å²) in [5.41, 5.74) is 0.649. The van der Waals surface area contributed by atoms with Gasteiger partial charge in [0.1, 0.15) is 11.6 Å². The molecule has 1 N–H and O–H groups in total. The fourth-order valence-electron chi connectivity index (χ4n) is 2.46. The van der Waals surface area contributed by atoms with Gasteiger partial charge in [0.2, 0.25) is 0 Å². The number of Topliss-reactive ketones (excluding diaryl/α,β-unsaturated/α-hetero) is 1. The third-order valence-corrected chi connectivity index (χ3v) is 3.90. The Bertz CT molecular complexity index is 1010. The molecule has 140 valence electrons. The number of carbonyl (C=O) groups is 2. The van der Waals surface area contributed by atoms with Gasteiger partial charge in [-0.15, -0.1) is 0 Å². The molecule has 0 aliphatic heterocycles. The molecule has 1 amide bonds. The number of benzene rings is 1. The Morgan fingerprint density at radius 1 is 1.18 bits per heavy atom. The maximum atomic E-state index is 13.0. The van der Waals surface area contributed by atoms with Crippen molar-refractivity contribution in [3.63, 3.8) is 0 Å². The van der Waals surface area contributed by atoms with Crippen LogP contribution in [0.3, 0.4) is 0 Å². The van der Waals surface area contributed by atoms with E-state index < -0.39 is 17.6 Å². The lowest BCUT2D eigenvalue weighted by Crippen LogP contribution is -2.29. The Morgan fingerprint density at radius 3 is 2.64 bits per heavy atom. The highest BCUT2D eigenvalue weighted by molar-refractivity contribution is 6.09. The predicted molar refractivity (Wildman–Crippen MR) is 97.2 cm³/mol. The van der Waals surface area contributed by atoms with Crippen molar-refractivity contribution < 1.29 is 18.4 Å². The number of carbonyl (C=O) groups excluding carboxylic acids is 2. The largest absolute Gasteiger partial charge is 0.441 e. The minimum Gasteiger partial charge on any atom is -0.441 e. The molecule has 0 fully saturated rings. The molecule has 8 heteroatoms. The first-order valence-electron chi connectivity index (χ1n) is 8.41. The van der Waals surface area contributed by atoms with Crippen LogP contribution in [0.2, 0.25) is 0 Å². The number of aryl methyl sites for hydroxylation is 1. The van der Waals surface area contributed by atoms with Gasteiger partial charge in [-0.2, -0.15) is 5.26 Å². The number of nitriles is 1. The van der Waals surface area contributed by atoms with Crippen molar-refractivity contribution in [1.82, 2.24) is 9.97 Å². The molecule has 1 atom stereocenters. The zero-order valence-corrected chi connectivity index (χ0v) is 14.6. The lowest BCUT2D eigenvalue weighted by atomic mass is 10.0. The molecule has 0 spiro atoms. The molecule has 0 aliphatic rings. The van der Waals surface area contributed by atoms with Gasteiger partial charge in [-0.1, -0.05) is 6.07 Å². The third-order valence-electron chi connectivity index (χ3n) is 3.90. The van der Waals surface area contributed by atoms with Crippen LogP contribution in [0.4, 0.5) is 10.2 Å². The standard InChI is InChI=1S/C20H15FN4O3/c21-14-6-4-13(5-7-14)17-12-24-19(28-17)9-8-16(26)15(11-22)20(27)25-18-3-1-2-10-23-18/h1-7,10,12,15H,8-9H2,(H,23,25,27). The molecule has 0 bridgehead atoms. The maximum Gasteiger partial charge on any atom is 0.250 e. The number of oxazole rings is 1. The van der Waals surface area contributed by atoms with Gasteiger partial charge in [0.25, 0.3) is 5.91 Å². The number of aromatic nitrogens is 2. The topological polar surface area (TPSA) is 109 Å². The smallest absolute Gasteiger partial charge is 0.250 e. The highest BCUT2D eigenvalue weighted by atomic mass is 19.1. The molecule has 1 unspecified atom stereocenters. The summed E-state index contributed by atoms with van der Waals surface area (Å²) in [5.74, 6) is -2.10. The van der Waals surface area contributed by atoms with Crippen LogP contribution >= 0.6 is 0 Å². The molecule has 28 heavy (non-hydrogen) atoms. The third kappa shape index (κ3) is 4.65. The molecular weight excluding hydrogens is 363 g/mol. The second-order valence-corrected chi connectivity index (χ2v) is 5.86. The Balaban J connectivity index is 1.59. The Morgan fingerprint density at radius 2 is 1.96 bits per heavy atom. The minimum absolute atomic E-state index is 0.0861. The lowest BCUT2D eigenvalue weighted by molar-refractivity contribution is -0.128. The van der Waals surface area contributed by atoms with E-state index in [2.05, 4.69) is 15.3 Å². The van der Waals surface area contributed by atoms with Crippen molar-refractivity contribution in [3.05, 3.63) is 66.6 Å². The number of nitrogens with one attached hydrogen (secondary N) is 1. The predicted octanol–water partition coefficient (Wildman–Crippen LogP) is 3.16. The van der Waals surface area contributed by atoms with Crippen molar-refractivity contribution in [2.75, 3.05) is 5.32 Å². The number of rotatable bonds is 7. The normalized spacial score (nSPS) is 11.4. The maximum absolute atomic E-state index is 13.0. The van der Waals surface area contributed by atoms with E-state index in [-0.39, 0.29) is 30.4 Å². The van der Waals surface area contributed by atoms with Crippen molar-refractivity contribution in [2.24, 2.45) is 5.92 Å². The van der Waals surface area contributed by atoms with Gasteiger partial charge in [0.05, 0.1) is 12.3 Å². The van der Waals surface area contributed by atoms with E-state index in [9.17, 15) is 19.2 Å². The molecule has 0 radical (unpaired) electrons. The molecular formula is C20H15FN4O3. The summed E-state index contributed by atoms with van der Waals surface area (Å²) in [5, 5.41) is 11.6. The molecule has 0 saturated carbocycles. The molecule has 0 aliphatic carbocycles. The summed E-state index contributed by atoms with van der Waals surface area (Å²) in [6.07, 6.45) is 3.01. The number of hydrogen-bond donors (Lipinski definition) is 1. The Kier molecular flexibility index (Phi) is 5.87. The van der Waals surface area contributed by atoms with Crippen LogP contribution < -0.4 is 5.32 Å². The highest BCUT2D eigenvalue weighted by Gasteiger charge is 2.26. The van der Waals surface area contributed by atoms with Gasteiger partial charge < -0.3 is 9.73 Å². The molecule has 7 nitrogen and oxygen atoms in total. The number of hydrogen-bond acceptors (Lipinski definition) is 6. The van der Waals surface area contributed by atoms with Crippen LogP contribution in [0.1, 0.15) is 12.3 Å². The first-order chi connectivity index (χ1) is 13.6. The van der Waals surface area contributed by atoms with Crippen molar-refractivity contribution in [3.8, 4) is 17.4 Å². The molecule has 2 aromatic heterocycles. The van der Waals surface area contributed by atoms with Crippen molar-refractivity contribution in [2.45, 2.75) is 12.8 Å². The van der Waals surface area contributed by atoms with E-state index in [4.69, 9.17) is 4.42 Å². The molecule has 2 heterocycles. The molecule has 1 aromatic carbocycles. The monoisotopic (exact) mass is 378 g/mol. The van der Waals surface area contributed by atoms with Gasteiger partial charge in [-0.25, -0.2) is 14.4 Å². The van der Waals surface area contributed by atoms with Crippen LogP contribution in [0.15, 0.2) is 59.3 Å². The highest BCUT2D eigenvalue weighted by Crippen LogP contribution is 2.21. The quantitative estimate of drug-likeness (QED) is 0.633. The minimum atomic E-state index is -1.45. The van der Waals surface area contributed by atoms with Crippen LogP contribution in [0, 0.1) is 23.1 Å². The lowest BCUT2D eigenvalue weighted by Gasteiger charge is -2.08. The van der Waals surface area contributed by atoms with E-state index in [0.717, 1.165) is 0 Å². The van der Waals surface area contributed by atoms with E-state index in [1.807, 2.05) is 0 Å². The Labute approximate surface area is 159 Å². The second-order valence-electron chi connectivity index (χ2n) is 5.86. The molecule has 3 rings (SSSR count). The number of amides is 1. The van der Waals surface area contributed by atoms with Crippen LogP contribution in [0.25, 0.3) is 11.3 Å². The molecule has 3 aromatic rings. The van der Waals surface area contributed by atoms with Crippen molar-refractivity contribution >= 4 is 17.5 Å².